The summed E-state index contributed by atoms with van der Waals surface area (Å²) in [6.45, 7) is 7.73. The zero-order valence-electron chi connectivity index (χ0n) is 22.3. The molecule has 1 aromatic carbocycles. The van der Waals surface area contributed by atoms with E-state index in [1.165, 1.54) is 0 Å². The van der Waals surface area contributed by atoms with Crippen LogP contribution in [0, 0.1) is 6.92 Å². The third-order valence-electron chi connectivity index (χ3n) is 6.38. The Hall–Kier alpha value is -3.80. The molecule has 0 amide bonds. The summed E-state index contributed by atoms with van der Waals surface area (Å²) in [5.74, 6) is 0.501. The maximum absolute atomic E-state index is 12.1. The molecule has 37 heavy (non-hydrogen) atoms. The van der Waals surface area contributed by atoms with E-state index in [9.17, 15) is 5.11 Å². The molecule has 5 nitrogen and oxygen atoms in total. The summed E-state index contributed by atoms with van der Waals surface area (Å²) in [7, 11) is 1.61. The van der Waals surface area contributed by atoms with E-state index in [0.29, 0.717) is 17.9 Å². The van der Waals surface area contributed by atoms with Crippen molar-refractivity contribution in [1.82, 2.24) is 4.98 Å². The van der Waals surface area contributed by atoms with E-state index in [1.807, 2.05) is 81.5 Å². The molecule has 1 unspecified atom stereocenters. The number of pyridine rings is 1. The minimum Gasteiger partial charge on any atom is -0.481 e. The Labute approximate surface area is 220 Å². The quantitative estimate of drug-likeness (QED) is 0.345. The molecule has 3 rings (SSSR count). The molecule has 0 radical (unpaired) electrons. The predicted molar refractivity (Wildman–Crippen MR) is 155 cm³/mol. The summed E-state index contributed by atoms with van der Waals surface area (Å²) in [6.07, 6.45) is 21.3. The van der Waals surface area contributed by atoms with Crippen LogP contribution in [0.4, 0.5) is 0 Å². The van der Waals surface area contributed by atoms with Crippen LogP contribution in [0.1, 0.15) is 54.3 Å². The minimum absolute atomic E-state index is 0.0224. The van der Waals surface area contributed by atoms with Crippen molar-refractivity contribution in [2.45, 2.75) is 39.7 Å². The zero-order valence-corrected chi connectivity index (χ0v) is 22.3. The standard InChI is InChI=1S/C32H36N2O3/c1-6-11-30-28-17-18-32(36,24(4)22-33-7-2)27-16-13-23(3)26(20-27)15-14-25(12-9-8-10-19-35)29(28)21-31(34-30)37-5/h6-14,16-18,20-22,35-36H,15,19H2,1-5H3/b10-8?,11-6-,12-9-,18-17+,24-22+,25-14+,33-7-. The molecule has 1 aromatic heterocycles. The third-order valence-corrected chi connectivity index (χ3v) is 6.38. The number of aliphatic hydroxyl groups excluding tert-OH is 1. The number of aromatic nitrogens is 1. The highest BCUT2D eigenvalue weighted by atomic mass is 16.5. The number of aryl methyl sites for hydroxylation is 1. The molecule has 0 fully saturated rings. The summed E-state index contributed by atoms with van der Waals surface area (Å²) < 4.78 is 5.55. The average molecular weight is 497 g/mol. The van der Waals surface area contributed by atoms with Crippen LogP contribution in [0.2, 0.25) is 0 Å². The smallest absolute Gasteiger partial charge is 0.214 e. The van der Waals surface area contributed by atoms with Crippen molar-refractivity contribution in [3.05, 3.63) is 112 Å². The van der Waals surface area contributed by atoms with Crippen LogP contribution in [0.15, 0.2) is 83.6 Å². The fourth-order valence-electron chi connectivity index (χ4n) is 4.21. The van der Waals surface area contributed by atoms with Crippen LogP contribution in [0.5, 0.6) is 5.88 Å². The first-order valence-electron chi connectivity index (χ1n) is 12.4. The fraction of sp³-hybridized carbons (Fsp3) is 0.250. The number of hydrogen-bond donors (Lipinski definition) is 2. The second kappa shape index (κ2) is 12.9. The number of fused-ring (bicyclic) bond motifs is 3. The number of nitrogens with zero attached hydrogens (tertiary/aromatic N) is 2. The number of benzene rings is 1. The number of allylic oxidation sites excluding steroid dienone is 6. The lowest BCUT2D eigenvalue weighted by atomic mass is 9.84. The van der Waals surface area contributed by atoms with Gasteiger partial charge in [-0.15, -0.1) is 0 Å². The van der Waals surface area contributed by atoms with Crippen LogP contribution in [-0.2, 0) is 12.0 Å². The van der Waals surface area contributed by atoms with Crippen molar-refractivity contribution < 1.29 is 14.9 Å². The first-order valence-corrected chi connectivity index (χ1v) is 12.4. The lowest BCUT2D eigenvalue weighted by Crippen LogP contribution is -2.25. The largest absolute Gasteiger partial charge is 0.481 e. The zero-order chi connectivity index (χ0) is 26.8. The lowest BCUT2D eigenvalue weighted by molar-refractivity contribution is 0.130. The van der Waals surface area contributed by atoms with E-state index < -0.39 is 5.60 Å². The van der Waals surface area contributed by atoms with Crippen molar-refractivity contribution in [1.29, 1.82) is 0 Å². The van der Waals surface area contributed by atoms with Gasteiger partial charge in [0, 0.05) is 24.0 Å². The minimum atomic E-state index is -1.37. The van der Waals surface area contributed by atoms with E-state index in [1.54, 1.807) is 25.6 Å². The molecule has 2 bridgehead atoms. The number of aliphatic imine (C=N–C) groups is 1. The molecule has 2 N–H and O–H groups in total. The van der Waals surface area contributed by atoms with Gasteiger partial charge in [0.2, 0.25) is 5.88 Å². The maximum Gasteiger partial charge on any atom is 0.214 e. The highest BCUT2D eigenvalue weighted by molar-refractivity contribution is 5.84. The molecule has 0 saturated heterocycles. The number of methoxy groups -OCH3 is 1. The molecular weight excluding hydrogens is 460 g/mol. The lowest BCUT2D eigenvalue weighted by Gasteiger charge is -2.27. The summed E-state index contributed by atoms with van der Waals surface area (Å²) >= 11 is 0. The van der Waals surface area contributed by atoms with Crippen molar-refractivity contribution in [2.24, 2.45) is 4.99 Å². The van der Waals surface area contributed by atoms with Gasteiger partial charge in [-0.3, -0.25) is 4.99 Å². The van der Waals surface area contributed by atoms with Crippen molar-refractivity contribution >= 4 is 23.9 Å². The van der Waals surface area contributed by atoms with Crippen LogP contribution in [0.25, 0.3) is 17.7 Å². The Morgan fingerprint density at radius 2 is 2.00 bits per heavy atom. The van der Waals surface area contributed by atoms with Gasteiger partial charge in [0.25, 0.3) is 0 Å². The summed E-state index contributed by atoms with van der Waals surface area (Å²) in [6, 6.07) is 8.01. The Bertz CT molecular complexity index is 1330. The SMILES string of the molecule is C/C=C\c1nc(OC)cc2c1/C=C/C(O)(/C(C)=C/N=C\C)c1ccc(C)c(c1)C/C=C2\C=C/C=CCO. The molecule has 2 aromatic rings. The Balaban J connectivity index is 2.40. The van der Waals surface area contributed by atoms with Gasteiger partial charge in [0.15, 0.2) is 0 Å². The Morgan fingerprint density at radius 3 is 2.70 bits per heavy atom. The first-order chi connectivity index (χ1) is 17.9. The molecule has 1 heterocycles. The van der Waals surface area contributed by atoms with Crippen molar-refractivity contribution in [3.8, 4) is 5.88 Å². The Kier molecular flexibility index (Phi) is 9.72. The van der Waals surface area contributed by atoms with E-state index in [4.69, 9.17) is 14.8 Å². The molecule has 0 spiro atoms. The fourth-order valence-corrected chi connectivity index (χ4v) is 4.21. The average Bonchev–Trinajstić information content (AvgIpc) is 2.92. The number of rotatable bonds is 7. The van der Waals surface area contributed by atoms with Gasteiger partial charge in [0.05, 0.1) is 19.4 Å². The van der Waals surface area contributed by atoms with Gasteiger partial charge >= 0.3 is 0 Å². The molecule has 0 saturated carbocycles. The second-order valence-corrected chi connectivity index (χ2v) is 8.80. The Morgan fingerprint density at radius 1 is 1.19 bits per heavy atom. The molecule has 5 heteroatoms. The molecular formula is C32H36N2O3. The van der Waals surface area contributed by atoms with Gasteiger partial charge < -0.3 is 14.9 Å². The van der Waals surface area contributed by atoms with Gasteiger partial charge in [-0.25, -0.2) is 4.98 Å². The molecule has 0 aliphatic heterocycles. The van der Waals surface area contributed by atoms with E-state index in [-0.39, 0.29) is 6.61 Å². The predicted octanol–water partition coefficient (Wildman–Crippen LogP) is 6.37. The van der Waals surface area contributed by atoms with Gasteiger partial charge in [-0.05, 0) is 79.7 Å². The normalized spacial score (nSPS) is 20.8. The van der Waals surface area contributed by atoms with E-state index >= 15 is 0 Å². The molecule has 1 aliphatic rings. The highest BCUT2D eigenvalue weighted by Gasteiger charge is 2.30. The van der Waals surface area contributed by atoms with Gasteiger partial charge in [-0.2, -0.15) is 0 Å². The number of ether oxygens (including phenoxy) is 1. The molecule has 192 valence electrons. The van der Waals surface area contributed by atoms with Crippen LogP contribution in [0.3, 0.4) is 0 Å². The van der Waals surface area contributed by atoms with Crippen molar-refractivity contribution in [2.75, 3.05) is 13.7 Å². The van der Waals surface area contributed by atoms with Gasteiger partial charge in [0.1, 0.15) is 5.60 Å². The molecule has 1 aliphatic carbocycles. The van der Waals surface area contributed by atoms with Crippen LogP contribution < -0.4 is 4.74 Å². The monoisotopic (exact) mass is 496 g/mol. The summed E-state index contributed by atoms with van der Waals surface area (Å²) in [5, 5.41) is 21.2. The number of hydrogen-bond acceptors (Lipinski definition) is 5. The van der Waals surface area contributed by atoms with E-state index in [0.717, 1.165) is 39.1 Å². The third kappa shape index (κ3) is 6.50. The van der Waals surface area contributed by atoms with Gasteiger partial charge in [-0.1, -0.05) is 60.7 Å². The second-order valence-electron chi connectivity index (χ2n) is 8.80. The number of aliphatic hydroxyl groups is 2. The summed E-state index contributed by atoms with van der Waals surface area (Å²) in [4.78, 5) is 8.97. The maximum atomic E-state index is 12.1. The summed E-state index contributed by atoms with van der Waals surface area (Å²) in [5.41, 5.74) is 5.86. The van der Waals surface area contributed by atoms with Crippen LogP contribution >= 0.6 is 0 Å². The first kappa shape index (κ1) is 27.8. The van der Waals surface area contributed by atoms with Crippen LogP contribution in [-0.4, -0.2) is 35.1 Å². The topological polar surface area (TPSA) is 74.9 Å². The van der Waals surface area contributed by atoms with E-state index in [2.05, 4.69) is 24.1 Å². The highest BCUT2D eigenvalue weighted by Crippen LogP contribution is 2.36. The molecule has 1 atom stereocenters. The van der Waals surface area contributed by atoms with Crippen molar-refractivity contribution in [3.63, 3.8) is 0 Å².